The standard InChI is InChI=1S/C21H26N4O2/c26-20(22-12-15-25-13-6-7-14-25)18-10-4-5-11-19(18)24-21(27)23-16-17-8-2-1-3-9-17/h1-5,8-11H,6-7,12-16H2,(H,22,26)(H2,23,24,27). The van der Waals surface area contributed by atoms with Gasteiger partial charge < -0.3 is 20.9 Å². The van der Waals surface area contributed by atoms with Crippen LogP contribution in [0.1, 0.15) is 28.8 Å². The number of hydrogen-bond acceptors (Lipinski definition) is 3. The maximum absolute atomic E-state index is 12.5. The third-order valence-electron chi connectivity index (χ3n) is 4.63. The Hall–Kier alpha value is -2.86. The lowest BCUT2D eigenvalue weighted by Crippen LogP contribution is -2.34. The van der Waals surface area contributed by atoms with Crippen LogP contribution in [0.15, 0.2) is 54.6 Å². The van der Waals surface area contributed by atoms with Crippen LogP contribution in [0.5, 0.6) is 0 Å². The number of nitrogens with one attached hydrogen (secondary N) is 3. The molecule has 1 aliphatic rings. The van der Waals surface area contributed by atoms with Crippen LogP contribution in [0, 0.1) is 0 Å². The van der Waals surface area contributed by atoms with Crippen molar-refractivity contribution >= 4 is 17.6 Å². The summed E-state index contributed by atoms with van der Waals surface area (Å²) >= 11 is 0. The number of amides is 3. The molecule has 0 unspecified atom stereocenters. The summed E-state index contributed by atoms with van der Waals surface area (Å²) in [4.78, 5) is 27.0. The molecule has 0 bridgehead atoms. The van der Waals surface area contributed by atoms with Crippen molar-refractivity contribution in [3.63, 3.8) is 0 Å². The lowest BCUT2D eigenvalue weighted by atomic mass is 10.1. The van der Waals surface area contributed by atoms with Gasteiger partial charge >= 0.3 is 6.03 Å². The zero-order chi connectivity index (χ0) is 18.9. The Bertz CT molecular complexity index is 758. The van der Waals surface area contributed by atoms with Crippen LogP contribution >= 0.6 is 0 Å². The van der Waals surface area contributed by atoms with E-state index in [1.165, 1.54) is 12.8 Å². The van der Waals surface area contributed by atoms with Gasteiger partial charge in [0, 0.05) is 19.6 Å². The summed E-state index contributed by atoms with van der Waals surface area (Å²) in [7, 11) is 0. The summed E-state index contributed by atoms with van der Waals surface area (Å²) in [5.41, 5.74) is 1.98. The Labute approximate surface area is 159 Å². The first-order valence-electron chi connectivity index (χ1n) is 9.41. The van der Waals surface area contributed by atoms with Crippen LogP contribution in [0.3, 0.4) is 0 Å². The highest BCUT2D eigenvalue weighted by atomic mass is 16.2. The SMILES string of the molecule is O=C(NCc1ccccc1)Nc1ccccc1C(=O)NCCN1CCCC1. The zero-order valence-corrected chi connectivity index (χ0v) is 15.4. The minimum atomic E-state index is -0.337. The monoisotopic (exact) mass is 366 g/mol. The molecule has 6 heteroatoms. The van der Waals surface area contributed by atoms with Crippen LogP contribution in [-0.2, 0) is 6.54 Å². The predicted octanol–water partition coefficient (Wildman–Crippen LogP) is 2.83. The fourth-order valence-corrected chi connectivity index (χ4v) is 3.16. The lowest BCUT2D eigenvalue weighted by Gasteiger charge is -2.16. The number of nitrogens with zero attached hydrogens (tertiary/aromatic N) is 1. The molecule has 1 heterocycles. The second-order valence-electron chi connectivity index (χ2n) is 6.64. The normalized spacial score (nSPS) is 13.9. The molecule has 6 nitrogen and oxygen atoms in total. The topological polar surface area (TPSA) is 73.5 Å². The molecule has 0 radical (unpaired) electrons. The van der Waals surface area contributed by atoms with Gasteiger partial charge in [0.25, 0.3) is 5.91 Å². The van der Waals surface area contributed by atoms with E-state index in [2.05, 4.69) is 20.9 Å². The van der Waals surface area contributed by atoms with Crippen molar-refractivity contribution in [3.8, 4) is 0 Å². The van der Waals surface area contributed by atoms with Crippen molar-refractivity contribution in [2.45, 2.75) is 19.4 Å². The fourth-order valence-electron chi connectivity index (χ4n) is 3.16. The lowest BCUT2D eigenvalue weighted by molar-refractivity contribution is 0.0950. The number of benzene rings is 2. The van der Waals surface area contributed by atoms with Crippen molar-refractivity contribution in [3.05, 3.63) is 65.7 Å². The maximum Gasteiger partial charge on any atom is 0.319 e. The van der Waals surface area contributed by atoms with E-state index in [1.54, 1.807) is 24.3 Å². The van der Waals surface area contributed by atoms with Gasteiger partial charge in [-0.2, -0.15) is 0 Å². The number of likely N-dealkylation sites (tertiary alicyclic amines) is 1. The average molecular weight is 366 g/mol. The molecule has 1 fully saturated rings. The molecule has 2 aromatic rings. The maximum atomic E-state index is 12.5. The van der Waals surface area contributed by atoms with Crippen molar-refractivity contribution in [2.75, 3.05) is 31.5 Å². The van der Waals surface area contributed by atoms with Gasteiger partial charge in [0.15, 0.2) is 0 Å². The summed E-state index contributed by atoms with van der Waals surface area (Å²) in [5.74, 6) is -0.173. The van der Waals surface area contributed by atoms with E-state index in [0.717, 1.165) is 25.2 Å². The van der Waals surface area contributed by atoms with Gasteiger partial charge in [0.05, 0.1) is 11.3 Å². The molecule has 0 spiro atoms. The molecular weight excluding hydrogens is 340 g/mol. The molecule has 0 atom stereocenters. The van der Waals surface area contributed by atoms with Gasteiger partial charge in [-0.1, -0.05) is 42.5 Å². The van der Waals surface area contributed by atoms with E-state index in [9.17, 15) is 9.59 Å². The summed E-state index contributed by atoms with van der Waals surface area (Å²) in [6.07, 6.45) is 2.47. The molecule has 2 aromatic carbocycles. The highest BCUT2D eigenvalue weighted by Crippen LogP contribution is 2.15. The van der Waals surface area contributed by atoms with Gasteiger partial charge in [-0.05, 0) is 43.6 Å². The van der Waals surface area contributed by atoms with Gasteiger partial charge in [-0.15, -0.1) is 0 Å². The second kappa shape index (κ2) is 9.73. The van der Waals surface area contributed by atoms with Gasteiger partial charge in [-0.25, -0.2) is 4.79 Å². The molecular formula is C21H26N4O2. The molecule has 0 aliphatic carbocycles. The molecule has 0 saturated carbocycles. The zero-order valence-electron chi connectivity index (χ0n) is 15.4. The van der Waals surface area contributed by atoms with Crippen molar-refractivity contribution in [1.29, 1.82) is 0 Å². The molecule has 3 rings (SSSR count). The quantitative estimate of drug-likeness (QED) is 0.705. The number of carbonyl (C=O) groups excluding carboxylic acids is 2. The largest absolute Gasteiger partial charge is 0.351 e. The molecule has 27 heavy (non-hydrogen) atoms. The number of hydrogen-bond donors (Lipinski definition) is 3. The van der Waals surface area contributed by atoms with E-state index in [4.69, 9.17) is 0 Å². The molecule has 142 valence electrons. The third kappa shape index (κ3) is 5.82. The van der Waals surface area contributed by atoms with Crippen molar-refractivity contribution in [2.24, 2.45) is 0 Å². The highest BCUT2D eigenvalue weighted by Gasteiger charge is 2.14. The third-order valence-corrected chi connectivity index (χ3v) is 4.63. The molecule has 3 N–H and O–H groups in total. The number of carbonyl (C=O) groups is 2. The molecule has 1 aliphatic heterocycles. The first-order chi connectivity index (χ1) is 13.2. The fraction of sp³-hybridized carbons (Fsp3) is 0.333. The van der Waals surface area contributed by atoms with Crippen LogP contribution in [0.2, 0.25) is 0 Å². The van der Waals surface area contributed by atoms with E-state index >= 15 is 0 Å². The van der Waals surface area contributed by atoms with Crippen molar-refractivity contribution < 1.29 is 9.59 Å². The van der Waals surface area contributed by atoms with Crippen LogP contribution in [0.25, 0.3) is 0 Å². The summed E-state index contributed by atoms with van der Waals surface area (Å²) in [6, 6.07) is 16.4. The van der Waals surface area contributed by atoms with Gasteiger partial charge in [0.2, 0.25) is 0 Å². The van der Waals surface area contributed by atoms with Crippen LogP contribution in [-0.4, -0.2) is 43.0 Å². The minimum Gasteiger partial charge on any atom is -0.351 e. The Morgan fingerprint density at radius 3 is 2.37 bits per heavy atom. The number of anilines is 1. The van der Waals surface area contributed by atoms with Gasteiger partial charge in [0.1, 0.15) is 0 Å². The number of para-hydroxylation sites is 1. The van der Waals surface area contributed by atoms with Crippen LogP contribution in [0.4, 0.5) is 10.5 Å². The highest BCUT2D eigenvalue weighted by molar-refractivity contribution is 6.03. The first kappa shape index (κ1) is 18.9. The smallest absolute Gasteiger partial charge is 0.319 e. The van der Waals surface area contributed by atoms with E-state index < -0.39 is 0 Å². The average Bonchev–Trinajstić information content (AvgIpc) is 3.21. The minimum absolute atomic E-state index is 0.173. The second-order valence-corrected chi connectivity index (χ2v) is 6.64. The Morgan fingerprint density at radius 2 is 1.59 bits per heavy atom. The first-order valence-corrected chi connectivity index (χ1v) is 9.41. The van der Waals surface area contributed by atoms with Crippen LogP contribution < -0.4 is 16.0 Å². The van der Waals surface area contributed by atoms with Crippen molar-refractivity contribution in [1.82, 2.24) is 15.5 Å². The summed E-state index contributed by atoms with van der Waals surface area (Å²) in [6.45, 7) is 4.11. The van der Waals surface area contributed by atoms with E-state index in [-0.39, 0.29) is 11.9 Å². The Morgan fingerprint density at radius 1 is 0.889 bits per heavy atom. The molecule has 3 amide bonds. The summed E-state index contributed by atoms with van der Waals surface area (Å²) < 4.78 is 0. The van der Waals surface area contributed by atoms with Gasteiger partial charge in [-0.3, -0.25) is 4.79 Å². The van der Waals surface area contributed by atoms with E-state index in [0.29, 0.717) is 24.3 Å². The number of urea groups is 1. The number of rotatable bonds is 7. The van der Waals surface area contributed by atoms with E-state index in [1.807, 2.05) is 30.3 Å². The Balaban J connectivity index is 1.51. The predicted molar refractivity (Wildman–Crippen MR) is 107 cm³/mol. The summed E-state index contributed by atoms with van der Waals surface area (Å²) in [5, 5.41) is 8.52. The molecule has 1 saturated heterocycles. The Kier molecular flexibility index (Phi) is 6.82. The molecule has 0 aromatic heterocycles.